The highest BCUT2D eigenvalue weighted by molar-refractivity contribution is 4.98. The van der Waals surface area contributed by atoms with Gasteiger partial charge in [0, 0.05) is 0 Å². The van der Waals surface area contributed by atoms with Crippen LogP contribution in [0, 0.1) is 5.92 Å². The van der Waals surface area contributed by atoms with Gasteiger partial charge in [-0.2, -0.15) is 0 Å². The van der Waals surface area contributed by atoms with Crippen molar-refractivity contribution in [2.75, 3.05) is 0 Å². The van der Waals surface area contributed by atoms with Gasteiger partial charge in [0.25, 0.3) is 0 Å². The molecule has 0 radical (unpaired) electrons. The minimum atomic E-state index is 0.343. The number of rotatable bonds is 2. The Balaban J connectivity index is 0.000000226. The van der Waals surface area contributed by atoms with E-state index in [0.717, 1.165) is 5.92 Å². The van der Waals surface area contributed by atoms with E-state index >= 15 is 0 Å². The zero-order valence-electron chi connectivity index (χ0n) is 9.71. The minimum absolute atomic E-state index is 0.343. The van der Waals surface area contributed by atoms with Gasteiger partial charge in [0.2, 0.25) is 0 Å². The van der Waals surface area contributed by atoms with Crippen molar-refractivity contribution in [2.45, 2.75) is 59.7 Å². The smallest absolute Gasteiger partial charge is 0.0736 e. The normalized spacial score (nSPS) is 26.0. The molecule has 0 aromatic carbocycles. The van der Waals surface area contributed by atoms with Crippen molar-refractivity contribution >= 4 is 0 Å². The van der Waals surface area contributed by atoms with Crippen LogP contribution in [0.15, 0.2) is 12.2 Å². The number of hydrogen-bond acceptors (Lipinski definition) is 1. The first-order valence-electron chi connectivity index (χ1n) is 5.43. The molecule has 1 nitrogen and oxygen atoms in total. The van der Waals surface area contributed by atoms with Gasteiger partial charge in [0.05, 0.1) is 12.2 Å². The van der Waals surface area contributed by atoms with Crippen molar-refractivity contribution < 1.29 is 4.74 Å². The van der Waals surface area contributed by atoms with Gasteiger partial charge in [-0.1, -0.05) is 45.8 Å². The van der Waals surface area contributed by atoms with E-state index in [-0.39, 0.29) is 0 Å². The van der Waals surface area contributed by atoms with Crippen molar-refractivity contribution in [2.24, 2.45) is 5.92 Å². The fourth-order valence-corrected chi connectivity index (χ4v) is 1.03. The lowest BCUT2D eigenvalue weighted by Crippen LogP contribution is -2.03. The van der Waals surface area contributed by atoms with Gasteiger partial charge >= 0.3 is 0 Å². The molecular formula is C12H24O. The molecule has 1 rings (SSSR count). The molecule has 0 saturated heterocycles. The van der Waals surface area contributed by atoms with Crippen LogP contribution in [0.4, 0.5) is 0 Å². The monoisotopic (exact) mass is 184 g/mol. The molecule has 13 heavy (non-hydrogen) atoms. The van der Waals surface area contributed by atoms with E-state index < -0.39 is 0 Å². The third-order valence-corrected chi connectivity index (χ3v) is 2.48. The fraction of sp³-hybridized carbons (Fsp3) is 0.833. The van der Waals surface area contributed by atoms with Gasteiger partial charge in [-0.15, -0.1) is 0 Å². The first-order valence-corrected chi connectivity index (χ1v) is 5.43. The summed E-state index contributed by atoms with van der Waals surface area (Å²) in [5, 5.41) is 0. The third kappa shape index (κ3) is 6.83. The topological polar surface area (TPSA) is 9.23 Å². The molecule has 1 heterocycles. The summed E-state index contributed by atoms with van der Waals surface area (Å²) in [4.78, 5) is 0. The zero-order chi connectivity index (χ0) is 10.3. The van der Waals surface area contributed by atoms with Crippen LogP contribution in [0.5, 0.6) is 0 Å². The van der Waals surface area contributed by atoms with E-state index in [9.17, 15) is 0 Å². The van der Waals surface area contributed by atoms with Crippen molar-refractivity contribution in [1.82, 2.24) is 0 Å². The van der Waals surface area contributed by atoms with Crippen LogP contribution in [0.3, 0.4) is 0 Å². The molecule has 0 saturated carbocycles. The zero-order valence-corrected chi connectivity index (χ0v) is 9.71. The average Bonchev–Trinajstić information content (AvgIpc) is 2.49. The molecule has 78 valence electrons. The molecule has 0 aromatic heterocycles. The van der Waals surface area contributed by atoms with Crippen molar-refractivity contribution in [1.29, 1.82) is 0 Å². The molecule has 1 aliphatic rings. The van der Waals surface area contributed by atoms with Crippen LogP contribution in [0.1, 0.15) is 47.5 Å². The molecular weight excluding hydrogens is 160 g/mol. The lowest BCUT2D eigenvalue weighted by Gasteiger charge is -2.02. The summed E-state index contributed by atoms with van der Waals surface area (Å²) >= 11 is 0. The van der Waals surface area contributed by atoms with Crippen LogP contribution >= 0.6 is 0 Å². The van der Waals surface area contributed by atoms with Crippen molar-refractivity contribution in [3.8, 4) is 0 Å². The predicted octanol–water partition coefficient (Wildman–Crippen LogP) is 3.79. The maximum Gasteiger partial charge on any atom is 0.0736 e. The van der Waals surface area contributed by atoms with E-state index in [0.29, 0.717) is 12.2 Å². The van der Waals surface area contributed by atoms with Gasteiger partial charge in [0.15, 0.2) is 0 Å². The van der Waals surface area contributed by atoms with E-state index in [2.05, 4.69) is 32.9 Å². The molecule has 0 aromatic rings. The summed E-state index contributed by atoms with van der Waals surface area (Å²) in [6.45, 7) is 10.8. The molecule has 2 atom stereocenters. The largest absolute Gasteiger partial charge is 0.367 e. The highest BCUT2D eigenvalue weighted by Gasteiger charge is 2.08. The highest BCUT2D eigenvalue weighted by atomic mass is 16.5. The SMILES string of the molecule is CC1C=CC(C)O1.CCC(C)CC. The second-order valence-corrected chi connectivity index (χ2v) is 3.85. The summed E-state index contributed by atoms with van der Waals surface area (Å²) < 4.78 is 5.25. The standard InChI is InChI=1S/C6H10O.C6H14/c1-5-3-4-6(2)7-5;1-4-6(3)5-2/h3-6H,1-2H3;6H,4-5H2,1-3H3. The fourth-order valence-electron chi connectivity index (χ4n) is 1.03. The molecule has 0 amide bonds. The van der Waals surface area contributed by atoms with Gasteiger partial charge < -0.3 is 4.74 Å². The maximum atomic E-state index is 5.25. The Morgan fingerprint density at radius 1 is 1.08 bits per heavy atom. The van der Waals surface area contributed by atoms with Crippen LogP contribution in [-0.2, 0) is 4.74 Å². The summed E-state index contributed by atoms with van der Waals surface area (Å²) in [7, 11) is 0. The molecule has 1 heteroatoms. The van der Waals surface area contributed by atoms with E-state index in [1.54, 1.807) is 0 Å². The van der Waals surface area contributed by atoms with Gasteiger partial charge in [-0.3, -0.25) is 0 Å². The maximum absolute atomic E-state index is 5.25. The lowest BCUT2D eigenvalue weighted by atomic mass is 10.1. The van der Waals surface area contributed by atoms with Gasteiger partial charge in [-0.05, 0) is 19.8 Å². The Hall–Kier alpha value is -0.300. The summed E-state index contributed by atoms with van der Waals surface area (Å²) in [6, 6.07) is 0. The second kappa shape index (κ2) is 7.14. The summed E-state index contributed by atoms with van der Waals surface area (Å²) in [6.07, 6.45) is 7.49. The van der Waals surface area contributed by atoms with Crippen molar-refractivity contribution in [3.63, 3.8) is 0 Å². The lowest BCUT2D eigenvalue weighted by molar-refractivity contribution is 0.0830. The van der Waals surface area contributed by atoms with Gasteiger partial charge in [0.1, 0.15) is 0 Å². The first-order chi connectivity index (χ1) is 6.10. The second-order valence-electron chi connectivity index (χ2n) is 3.85. The van der Waals surface area contributed by atoms with Crippen LogP contribution in [-0.4, -0.2) is 12.2 Å². The Labute approximate surface area is 83.2 Å². The van der Waals surface area contributed by atoms with Crippen LogP contribution in [0.2, 0.25) is 0 Å². The van der Waals surface area contributed by atoms with E-state index in [1.165, 1.54) is 12.8 Å². The summed E-state index contributed by atoms with van der Waals surface area (Å²) in [5.74, 6) is 0.935. The summed E-state index contributed by atoms with van der Waals surface area (Å²) in [5.41, 5.74) is 0. The Bertz CT molecular complexity index is 126. The average molecular weight is 184 g/mol. The number of hydrogen-bond donors (Lipinski definition) is 0. The molecule has 0 aliphatic carbocycles. The van der Waals surface area contributed by atoms with E-state index in [1.807, 2.05) is 13.8 Å². The Morgan fingerprint density at radius 3 is 1.54 bits per heavy atom. The minimum Gasteiger partial charge on any atom is -0.367 e. The molecule has 0 fully saturated rings. The third-order valence-electron chi connectivity index (χ3n) is 2.48. The van der Waals surface area contributed by atoms with Crippen molar-refractivity contribution in [3.05, 3.63) is 12.2 Å². The molecule has 0 bridgehead atoms. The van der Waals surface area contributed by atoms with Crippen LogP contribution in [0.25, 0.3) is 0 Å². The molecule has 0 spiro atoms. The molecule has 0 N–H and O–H groups in total. The Morgan fingerprint density at radius 2 is 1.46 bits per heavy atom. The highest BCUT2D eigenvalue weighted by Crippen LogP contribution is 2.08. The van der Waals surface area contributed by atoms with Gasteiger partial charge in [-0.25, -0.2) is 0 Å². The Kier molecular flexibility index (Phi) is 6.97. The first kappa shape index (κ1) is 12.7. The van der Waals surface area contributed by atoms with E-state index in [4.69, 9.17) is 4.74 Å². The molecule has 1 aliphatic heterocycles. The quantitative estimate of drug-likeness (QED) is 0.593. The van der Waals surface area contributed by atoms with Crippen LogP contribution < -0.4 is 0 Å². The molecule has 2 unspecified atom stereocenters. The predicted molar refractivity (Wildman–Crippen MR) is 58.9 cm³/mol. The number of ether oxygens (including phenoxy) is 1.